The molecule has 0 aliphatic carbocycles. The van der Waals surface area contributed by atoms with E-state index in [1.165, 1.54) is 23.1 Å². The van der Waals surface area contributed by atoms with Gasteiger partial charge in [0.05, 0.1) is 11.8 Å². The number of rotatable bonds is 3. The van der Waals surface area contributed by atoms with Crippen LogP contribution in [-0.2, 0) is 6.54 Å². The molecule has 0 saturated carbocycles. The Labute approximate surface area is 121 Å². The van der Waals surface area contributed by atoms with Gasteiger partial charge in [-0.15, -0.1) is 0 Å². The minimum absolute atomic E-state index is 0.0502. The summed E-state index contributed by atoms with van der Waals surface area (Å²) < 4.78 is 13.8. The molecule has 1 aromatic carbocycles. The second-order valence-corrected chi connectivity index (χ2v) is 4.42. The first kappa shape index (κ1) is 14.8. The molecule has 1 heterocycles. The Morgan fingerprint density at radius 1 is 1.52 bits per heavy atom. The maximum Gasteiger partial charge on any atom is 0.256 e. The summed E-state index contributed by atoms with van der Waals surface area (Å²) in [6.45, 7) is 0.0301. The number of amides is 1. The Bertz CT molecular complexity index is 687. The van der Waals surface area contributed by atoms with Crippen LogP contribution in [0, 0.1) is 17.7 Å². The zero-order chi connectivity index (χ0) is 15.2. The van der Waals surface area contributed by atoms with Crippen molar-refractivity contribution in [3.63, 3.8) is 0 Å². The van der Waals surface area contributed by atoms with Crippen LogP contribution in [0.1, 0.15) is 21.5 Å². The molecule has 21 heavy (non-hydrogen) atoms. The molecule has 0 unspecified atom stereocenters. The topological polar surface area (TPSA) is 69.2 Å². The van der Waals surface area contributed by atoms with Gasteiger partial charge in [0.25, 0.3) is 5.91 Å². The SMILES string of the molecule is CN(Cc1cn[nH]c1)C(=O)c1cc(C#CCO)ccc1F. The summed E-state index contributed by atoms with van der Waals surface area (Å²) >= 11 is 0. The maximum absolute atomic E-state index is 13.8. The minimum atomic E-state index is -0.603. The lowest BCUT2D eigenvalue weighted by Crippen LogP contribution is -2.27. The summed E-state index contributed by atoms with van der Waals surface area (Å²) in [7, 11) is 1.58. The van der Waals surface area contributed by atoms with Gasteiger partial charge in [0.15, 0.2) is 0 Å². The minimum Gasteiger partial charge on any atom is -0.384 e. The lowest BCUT2D eigenvalue weighted by Gasteiger charge is -2.16. The molecule has 0 bridgehead atoms. The highest BCUT2D eigenvalue weighted by molar-refractivity contribution is 5.94. The number of hydrogen-bond donors (Lipinski definition) is 2. The Morgan fingerprint density at radius 3 is 3.00 bits per heavy atom. The molecule has 0 saturated heterocycles. The number of halogens is 1. The highest BCUT2D eigenvalue weighted by atomic mass is 19.1. The molecule has 5 nitrogen and oxygen atoms in total. The van der Waals surface area contributed by atoms with E-state index in [0.717, 1.165) is 5.56 Å². The first-order valence-corrected chi connectivity index (χ1v) is 6.24. The molecule has 0 atom stereocenters. The van der Waals surface area contributed by atoms with Crippen molar-refractivity contribution in [2.75, 3.05) is 13.7 Å². The standard InChI is InChI=1S/C15H14FN3O2/c1-19(10-12-8-17-18-9-12)15(21)13-7-11(3-2-6-20)4-5-14(13)16/h4-5,7-9,20H,6,10H2,1H3,(H,17,18). The van der Waals surface area contributed by atoms with Crippen LogP contribution in [0.2, 0.25) is 0 Å². The first-order valence-electron chi connectivity index (χ1n) is 6.24. The first-order chi connectivity index (χ1) is 10.1. The van der Waals surface area contributed by atoms with Crippen LogP contribution >= 0.6 is 0 Å². The van der Waals surface area contributed by atoms with E-state index in [-0.39, 0.29) is 12.2 Å². The van der Waals surface area contributed by atoms with Gasteiger partial charge in [0.2, 0.25) is 0 Å². The normalized spacial score (nSPS) is 9.86. The molecule has 0 fully saturated rings. The number of nitrogens with one attached hydrogen (secondary N) is 1. The van der Waals surface area contributed by atoms with Crippen molar-refractivity contribution < 1.29 is 14.3 Å². The molecule has 0 aliphatic rings. The Morgan fingerprint density at radius 2 is 2.33 bits per heavy atom. The third kappa shape index (κ3) is 3.68. The highest BCUT2D eigenvalue weighted by Crippen LogP contribution is 2.13. The zero-order valence-corrected chi connectivity index (χ0v) is 11.4. The fourth-order valence-corrected chi connectivity index (χ4v) is 1.82. The van der Waals surface area contributed by atoms with Crippen LogP contribution in [0.3, 0.4) is 0 Å². The average molecular weight is 287 g/mol. The van der Waals surface area contributed by atoms with Crippen molar-refractivity contribution in [2.24, 2.45) is 0 Å². The molecule has 2 aromatic rings. The molecule has 2 rings (SSSR count). The van der Waals surface area contributed by atoms with Crippen molar-refractivity contribution in [3.05, 3.63) is 53.1 Å². The van der Waals surface area contributed by atoms with Crippen LogP contribution in [0.15, 0.2) is 30.6 Å². The molecule has 1 aromatic heterocycles. The van der Waals surface area contributed by atoms with E-state index in [4.69, 9.17) is 5.11 Å². The van der Waals surface area contributed by atoms with Gasteiger partial charge in [-0.25, -0.2) is 4.39 Å². The molecule has 0 spiro atoms. The maximum atomic E-state index is 13.8. The van der Waals surface area contributed by atoms with E-state index in [2.05, 4.69) is 22.0 Å². The summed E-state index contributed by atoms with van der Waals surface area (Å²) in [6.07, 6.45) is 3.27. The van der Waals surface area contributed by atoms with Crippen LogP contribution in [-0.4, -0.2) is 39.8 Å². The van der Waals surface area contributed by atoms with E-state index < -0.39 is 11.7 Å². The van der Waals surface area contributed by atoms with Crippen LogP contribution < -0.4 is 0 Å². The van der Waals surface area contributed by atoms with Gasteiger partial charge in [0, 0.05) is 30.9 Å². The number of hydrogen-bond acceptors (Lipinski definition) is 3. The lowest BCUT2D eigenvalue weighted by molar-refractivity contribution is 0.0780. The van der Waals surface area contributed by atoms with Gasteiger partial charge < -0.3 is 10.0 Å². The van der Waals surface area contributed by atoms with Crippen LogP contribution in [0.5, 0.6) is 0 Å². The van der Waals surface area contributed by atoms with Crippen LogP contribution in [0.4, 0.5) is 4.39 Å². The summed E-state index contributed by atoms with van der Waals surface area (Å²) in [5.41, 5.74) is 1.25. The molecular weight excluding hydrogens is 273 g/mol. The summed E-state index contributed by atoms with van der Waals surface area (Å²) in [6, 6.07) is 4.04. The molecule has 2 N–H and O–H groups in total. The summed E-state index contributed by atoms with van der Waals surface area (Å²) in [5, 5.41) is 15.1. The van der Waals surface area contributed by atoms with Gasteiger partial charge in [-0.1, -0.05) is 11.8 Å². The van der Waals surface area contributed by atoms with Crippen molar-refractivity contribution in [1.82, 2.24) is 15.1 Å². The number of aromatic amines is 1. The quantitative estimate of drug-likeness (QED) is 0.832. The molecule has 6 heteroatoms. The van der Waals surface area contributed by atoms with E-state index in [1.54, 1.807) is 19.4 Å². The Hall–Kier alpha value is -2.65. The smallest absolute Gasteiger partial charge is 0.256 e. The van der Waals surface area contributed by atoms with E-state index in [1.807, 2.05) is 0 Å². The van der Waals surface area contributed by atoms with Crippen molar-refractivity contribution in [1.29, 1.82) is 0 Å². The van der Waals surface area contributed by atoms with E-state index in [0.29, 0.717) is 12.1 Å². The Balaban J connectivity index is 2.21. The second kappa shape index (κ2) is 6.68. The largest absolute Gasteiger partial charge is 0.384 e. The number of carbonyl (C=O) groups excluding carboxylic acids is 1. The van der Waals surface area contributed by atoms with Gasteiger partial charge in [-0.05, 0) is 18.2 Å². The van der Waals surface area contributed by atoms with E-state index in [9.17, 15) is 9.18 Å². The Kier molecular flexibility index (Phi) is 4.69. The van der Waals surface area contributed by atoms with E-state index >= 15 is 0 Å². The predicted molar refractivity (Wildman–Crippen MR) is 74.7 cm³/mol. The third-order valence-electron chi connectivity index (χ3n) is 2.83. The van der Waals surface area contributed by atoms with Gasteiger partial charge >= 0.3 is 0 Å². The third-order valence-corrected chi connectivity index (χ3v) is 2.83. The van der Waals surface area contributed by atoms with Crippen molar-refractivity contribution >= 4 is 5.91 Å². The highest BCUT2D eigenvalue weighted by Gasteiger charge is 2.17. The number of aliphatic hydroxyl groups excluding tert-OH is 1. The number of benzene rings is 1. The van der Waals surface area contributed by atoms with Gasteiger partial charge in [0.1, 0.15) is 12.4 Å². The molecule has 108 valence electrons. The molecule has 0 radical (unpaired) electrons. The fourth-order valence-electron chi connectivity index (χ4n) is 1.82. The van der Waals surface area contributed by atoms with Crippen molar-refractivity contribution in [2.45, 2.75) is 6.54 Å². The summed E-state index contributed by atoms with van der Waals surface area (Å²) in [4.78, 5) is 13.7. The number of aliphatic hydroxyl groups is 1. The molecule has 1 amide bonds. The number of carbonyl (C=O) groups is 1. The van der Waals surface area contributed by atoms with Gasteiger partial charge in [-0.3, -0.25) is 9.89 Å². The van der Waals surface area contributed by atoms with Crippen molar-refractivity contribution in [3.8, 4) is 11.8 Å². The monoisotopic (exact) mass is 287 g/mol. The fraction of sp³-hybridized carbons (Fsp3) is 0.200. The van der Waals surface area contributed by atoms with Crippen LogP contribution in [0.25, 0.3) is 0 Å². The number of H-pyrrole nitrogens is 1. The zero-order valence-electron chi connectivity index (χ0n) is 11.4. The molecular formula is C15H14FN3O2. The number of aromatic nitrogens is 2. The summed E-state index contributed by atoms with van der Waals surface area (Å²) in [5.74, 6) is 4.06. The second-order valence-electron chi connectivity index (χ2n) is 4.42. The lowest BCUT2D eigenvalue weighted by atomic mass is 10.1. The number of nitrogens with zero attached hydrogens (tertiary/aromatic N) is 2. The molecule has 0 aliphatic heterocycles. The van der Waals surface area contributed by atoms with Gasteiger partial charge in [-0.2, -0.15) is 5.10 Å². The average Bonchev–Trinajstić information content (AvgIpc) is 2.98. The predicted octanol–water partition coefficient (Wildman–Crippen LogP) is 1.16.